The van der Waals surface area contributed by atoms with Gasteiger partial charge < -0.3 is 15.7 Å². The molecule has 11 heteroatoms. The highest BCUT2D eigenvalue weighted by molar-refractivity contribution is 7.89. The van der Waals surface area contributed by atoms with E-state index in [9.17, 15) is 17.9 Å². The molecular formula is C20H29FN6O3S. The summed E-state index contributed by atoms with van der Waals surface area (Å²) in [6, 6.07) is 3.19. The van der Waals surface area contributed by atoms with Crippen LogP contribution in [0.3, 0.4) is 0 Å². The van der Waals surface area contributed by atoms with Gasteiger partial charge in [-0.05, 0) is 51.3 Å². The molecule has 0 aliphatic heterocycles. The second-order valence-corrected chi connectivity index (χ2v) is 9.47. The maximum atomic E-state index is 13.6. The number of alkyl halides is 1. The smallest absolute Gasteiger partial charge is 0.241 e. The van der Waals surface area contributed by atoms with Gasteiger partial charge in [-0.1, -0.05) is 6.92 Å². The monoisotopic (exact) mass is 452 g/mol. The van der Waals surface area contributed by atoms with Crippen molar-refractivity contribution in [1.82, 2.24) is 19.7 Å². The first-order chi connectivity index (χ1) is 14.8. The minimum Gasteiger partial charge on any atom is -0.393 e. The molecule has 0 spiro atoms. The average molecular weight is 453 g/mol. The summed E-state index contributed by atoms with van der Waals surface area (Å²) in [5, 5.41) is 16.1. The molecule has 3 rings (SSSR count). The minimum atomic E-state index is -3.59. The van der Waals surface area contributed by atoms with Crippen molar-refractivity contribution >= 4 is 21.8 Å². The highest BCUT2D eigenvalue weighted by Gasteiger charge is 2.22. The van der Waals surface area contributed by atoms with Crippen molar-refractivity contribution in [2.75, 3.05) is 24.2 Å². The predicted octanol–water partition coefficient (Wildman–Crippen LogP) is 2.32. The maximum Gasteiger partial charge on any atom is 0.241 e. The molecule has 0 radical (unpaired) electrons. The highest BCUT2D eigenvalue weighted by atomic mass is 32.2. The van der Waals surface area contributed by atoms with Gasteiger partial charge in [0.1, 0.15) is 16.9 Å². The summed E-state index contributed by atoms with van der Waals surface area (Å²) in [5.74, 6) is 0.829. The van der Waals surface area contributed by atoms with Crippen LogP contribution < -0.4 is 15.4 Å². The average Bonchev–Trinajstić information content (AvgIpc) is 2.79. The number of hydrogen-bond donors (Lipinski definition) is 4. The fourth-order valence-electron chi connectivity index (χ4n) is 3.34. The lowest BCUT2D eigenvalue weighted by molar-refractivity contribution is 0.126. The number of aromatic nitrogens is 3. The molecule has 2 aromatic heterocycles. The lowest BCUT2D eigenvalue weighted by atomic mass is 9.93. The van der Waals surface area contributed by atoms with Crippen molar-refractivity contribution in [1.29, 1.82) is 0 Å². The van der Waals surface area contributed by atoms with Gasteiger partial charge in [-0.2, -0.15) is 4.98 Å². The summed E-state index contributed by atoms with van der Waals surface area (Å²) < 4.78 is 39.8. The molecule has 1 aliphatic carbocycles. The van der Waals surface area contributed by atoms with E-state index in [0.717, 1.165) is 12.8 Å². The molecule has 0 bridgehead atoms. The molecule has 9 nitrogen and oxygen atoms in total. The zero-order chi connectivity index (χ0) is 22.4. The van der Waals surface area contributed by atoms with Crippen LogP contribution in [0.4, 0.5) is 16.2 Å². The zero-order valence-corrected chi connectivity index (χ0v) is 18.5. The van der Waals surface area contributed by atoms with Crippen molar-refractivity contribution in [3.8, 4) is 11.3 Å². The standard InChI is InChI=1S/C20H29FN6O3S/c1-3-13(21)10-24-20-25-12-17(18-9-8-16(11-23-18)31(29,30)22-2)19(27-20)26-14-4-6-15(28)7-5-14/h8-9,11-15,22,28H,3-7,10H2,1-2H3,(H2,24,25,26,27)/t13-,14-,15-/m0/s1. The molecule has 1 atom stereocenters. The van der Waals surface area contributed by atoms with Gasteiger partial charge in [0.25, 0.3) is 0 Å². The number of hydrogen-bond acceptors (Lipinski definition) is 8. The number of anilines is 2. The zero-order valence-electron chi connectivity index (χ0n) is 17.7. The molecule has 0 saturated heterocycles. The van der Waals surface area contributed by atoms with Crippen molar-refractivity contribution in [3.05, 3.63) is 24.5 Å². The normalized spacial score (nSPS) is 20.3. The highest BCUT2D eigenvalue weighted by Crippen LogP contribution is 2.29. The van der Waals surface area contributed by atoms with Crippen LogP contribution in [-0.4, -0.2) is 60.4 Å². The molecule has 4 N–H and O–H groups in total. The molecule has 1 saturated carbocycles. The summed E-state index contributed by atoms with van der Waals surface area (Å²) in [6.07, 6.45) is 4.99. The summed E-state index contributed by atoms with van der Waals surface area (Å²) in [4.78, 5) is 13.1. The number of nitrogens with one attached hydrogen (secondary N) is 3. The van der Waals surface area contributed by atoms with Gasteiger partial charge in [0.15, 0.2) is 0 Å². The third kappa shape index (κ3) is 6.08. The quantitative estimate of drug-likeness (QED) is 0.456. The first-order valence-electron chi connectivity index (χ1n) is 10.4. The number of aliphatic hydroxyl groups excluding tert-OH is 1. The van der Waals surface area contributed by atoms with E-state index in [1.807, 2.05) is 0 Å². The van der Waals surface area contributed by atoms with Gasteiger partial charge in [0.2, 0.25) is 16.0 Å². The van der Waals surface area contributed by atoms with Gasteiger partial charge in [-0.15, -0.1) is 0 Å². The molecule has 31 heavy (non-hydrogen) atoms. The third-order valence-electron chi connectivity index (χ3n) is 5.34. The van der Waals surface area contributed by atoms with E-state index in [0.29, 0.717) is 42.3 Å². The number of sulfonamides is 1. The Morgan fingerprint density at radius 3 is 2.55 bits per heavy atom. The number of rotatable bonds is 9. The molecule has 0 unspecified atom stereocenters. The molecule has 170 valence electrons. The second kappa shape index (κ2) is 10.3. The lowest BCUT2D eigenvalue weighted by Crippen LogP contribution is -2.29. The number of pyridine rings is 1. The van der Waals surface area contributed by atoms with Crippen LogP contribution in [0.25, 0.3) is 11.3 Å². The molecule has 0 aromatic carbocycles. The van der Waals surface area contributed by atoms with E-state index in [4.69, 9.17) is 0 Å². The van der Waals surface area contributed by atoms with Crippen LogP contribution >= 0.6 is 0 Å². The van der Waals surface area contributed by atoms with Gasteiger partial charge in [0, 0.05) is 25.0 Å². The predicted molar refractivity (Wildman–Crippen MR) is 117 cm³/mol. The van der Waals surface area contributed by atoms with Gasteiger partial charge in [0.05, 0.1) is 17.4 Å². The Morgan fingerprint density at radius 2 is 1.94 bits per heavy atom. The molecular weight excluding hydrogens is 423 g/mol. The van der Waals surface area contributed by atoms with Crippen LogP contribution in [0, 0.1) is 0 Å². The first kappa shape index (κ1) is 23.3. The van der Waals surface area contributed by atoms with E-state index >= 15 is 0 Å². The third-order valence-corrected chi connectivity index (χ3v) is 6.74. The molecule has 1 aliphatic rings. The van der Waals surface area contributed by atoms with E-state index in [1.54, 1.807) is 19.2 Å². The van der Waals surface area contributed by atoms with Crippen molar-refractivity contribution < 1.29 is 17.9 Å². The maximum absolute atomic E-state index is 13.6. The fraction of sp³-hybridized carbons (Fsp3) is 0.550. The van der Waals surface area contributed by atoms with Crippen molar-refractivity contribution in [3.63, 3.8) is 0 Å². The summed E-state index contributed by atoms with van der Waals surface area (Å²) in [7, 11) is -2.25. The van der Waals surface area contributed by atoms with E-state index in [2.05, 4.69) is 30.3 Å². The Morgan fingerprint density at radius 1 is 1.19 bits per heavy atom. The summed E-state index contributed by atoms with van der Waals surface area (Å²) >= 11 is 0. The number of nitrogens with zero attached hydrogens (tertiary/aromatic N) is 3. The van der Waals surface area contributed by atoms with E-state index in [-0.39, 0.29) is 23.6 Å². The van der Waals surface area contributed by atoms with Crippen LogP contribution in [-0.2, 0) is 10.0 Å². The van der Waals surface area contributed by atoms with Crippen molar-refractivity contribution in [2.24, 2.45) is 0 Å². The van der Waals surface area contributed by atoms with Crippen LogP contribution in [0.5, 0.6) is 0 Å². The van der Waals surface area contributed by atoms with E-state index in [1.165, 1.54) is 19.3 Å². The van der Waals surface area contributed by atoms with Crippen LogP contribution in [0.15, 0.2) is 29.4 Å². The largest absolute Gasteiger partial charge is 0.393 e. The Bertz CT molecular complexity index is 965. The Hall–Kier alpha value is -2.37. The first-order valence-corrected chi connectivity index (χ1v) is 11.9. The molecule has 2 aromatic rings. The van der Waals surface area contributed by atoms with Crippen LogP contribution in [0.2, 0.25) is 0 Å². The van der Waals surface area contributed by atoms with Crippen molar-refractivity contribution in [2.45, 2.75) is 62.2 Å². The van der Waals surface area contributed by atoms with E-state index < -0.39 is 16.2 Å². The topological polar surface area (TPSA) is 129 Å². The summed E-state index contributed by atoms with van der Waals surface area (Å²) in [5.41, 5.74) is 1.12. The fourth-order valence-corrected chi connectivity index (χ4v) is 4.02. The van der Waals surface area contributed by atoms with Gasteiger partial charge in [-0.3, -0.25) is 4.98 Å². The number of halogens is 1. The SMILES string of the molecule is CC[C@H](F)CNc1ncc(-c2ccc(S(=O)(=O)NC)cn2)c(N[C@H]2CC[C@H](O)CC2)n1. The Balaban J connectivity index is 1.88. The second-order valence-electron chi connectivity index (χ2n) is 7.58. The lowest BCUT2D eigenvalue weighted by Gasteiger charge is -2.27. The Labute approximate surface area is 182 Å². The van der Waals surface area contributed by atoms with Crippen LogP contribution in [0.1, 0.15) is 39.0 Å². The summed E-state index contributed by atoms with van der Waals surface area (Å²) in [6.45, 7) is 1.88. The molecule has 2 heterocycles. The Kier molecular flexibility index (Phi) is 7.74. The number of aliphatic hydroxyl groups is 1. The molecule has 0 amide bonds. The molecule has 1 fully saturated rings. The minimum absolute atomic E-state index is 0.0577. The van der Waals surface area contributed by atoms with Gasteiger partial charge in [-0.25, -0.2) is 22.5 Å². The van der Waals surface area contributed by atoms with Gasteiger partial charge >= 0.3 is 0 Å².